The summed E-state index contributed by atoms with van der Waals surface area (Å²) in [7, 11) is 0. The summed E-state index contributed by atoms with van der Waals surface area (Å²) in [5.41, 5.74) is 8.20. The van der Waals surface area contributed by atoms with Gasteiger partial charge in [-0.15, -0.1) is 0 Å². The third-order valence-electron chi connectivity index (χ3n) is 2.59. The van der Waals surface area contributed by atoms with Crippen LogP contribution in [0.3, 0.4) is 0 Å². The minimum absolute atomic E-state index is 0.0171. The molecule has 3 nitrogen and oxygen atoms in total. The normalized spacial score (nSPS) is 12.8. The number of rotatable bonds is 7. The molecule has 0 amide bonds. The molecule has 1 rings (SSSR count). The summed E-state index contributed by atoms with van der Waals surface area (Å²) in [5, 5.41) is 0. The molecule has 0 saturated carbocycles. The monoisotopic (exact) mass is 251 g/mol. The van der Waals surface area contributed by atoms with Gasteiger partial charge in [0.2, 0.25) is 0 Å². The molecule has 1 aromatic rings. The number of nitrogens with two attached hydrogens (primary N) is 1. The molecule has 0 spiro atoms. The van der Waals surface area contributed by atoms with Crippen LogP contribution in [0, 0.1) is 12.8 Å². The minimum atomic E-state index is -0.0171. The standard InChI is InChI=1S/C15H25NO2/c1-11(2)10-17-7-8-18-15-6-5-12(3)9-14(15)13(4)16/h5-6,9,11,13H,7-8,10,16H2,1-4H3. The Morgan fingerprint density at radius 2 is 1.89 bits per heavy atom. The van der Waals surface area contributed by atoms with Crippen molar-refractivity contribution in [1.82, 2.24) is 0 Å². The molecule has 1 atom stereocenters. The molecule has 18 heavy (non-hydrogen) atoms. The summed E-state index contributed by atoms with van der Waals surface area (Å²) in [6.45, 7) is 10.2. The summed E-state index contributed by atoms with van der Waals surface area (Å²) in [4.78, 5) is 0. The molecule has 0 fully saturated rings. The van der Waals surface area contributed by atoms with Crippen LogP contribution in [0.2, 0.25) is 0 Å². The highest BCUT2D eigenvalue weighted by atomic mass is 16.5. The van der Waals surface area contributed by atoms with Crippen LogP contribution in [0.1, 0.15) is 37.9 Å². The predicted molar refractivity (Wildman–Crippen MR) is 74.9 cm³/mol. The molecule has 0 aliphatic carbocycles. The summed E-state index contributed by atoms with van der Waals surface area (Å²) in [5.74, 6) is 1.42. The maximum Gasteiger partial charge on any atom is 0.124 e. The molecule has 0 aliphatic heterocycles. The average molecular weight is 251 g/mol. The van der Waals surface area contributed by atoms with Gasteiger partial charge in [-0.1, -0.05) is 31.5 Å². The first-order chi connectivity index (χ1) is 8.50. The molecule has 0 radical (unpaired) electrons. The van der Waals surface area contributed by atoms with E-state index in [1.165, 1.54) is 5.56 Å². The van der Waals surface area contributed by atoms with E-state index in [4.69, 9.17) is 15.2 Å². The van der Waals surface area contributed by atoms with Gasteiger partial charge < -0.3 is 15.2 Å². The van der Waals surface area contributed by atoms with Gasteiger partial charge in [0.25, 0.3) is 0 Å². The van der Waals surface area contributed by atoms with E-state index in [1.54, 1.807) is 0 Å². The predicted octanol–water partition coefficient (Wildman–Crippen LogP) is 3.07. The first-order valence-corrected chi connectivity index (χ1v) is 6.57. The Morgan fingerprint density at radius 3 is 2.50 bits per heavy atom. The van der Waals surface area contributed by atoms with Gasteiger partial charge in [0.1, 0.15) is 12.4 Å². The summed E-state index contributed by atoms with van der Waals surface area (Å²) in [6.07, 6.45) is 0. The van der Waals surface area contributed by atoms with Crippen molar-refractivity contribution in [2.24, 2.45) is 11.7 Å². The van der Waals surface area contributed by atoms with Gasteiger partial charge in [0.15, 0.2) is 0 Å². The number of hydrogen-bond donors (Lipinski definition) is 1. The maximum atomic E-state index is 5.94. The van der Waals surface area contributed by atoms with E-state index >= 15 is 0 Å². The number of hydrogen-bond acceptors (Lipinski definition) is 3. The lowest BCUT2D eigenvalue weighted by atomic mass is 10.1. The third kappa shape index (κ3) is 5.07. The van der Waals surface area contributed by atoms with Gasteiger partial charge in [0.05, 0.1) is 6.61 Å². The van der Waals surface area contributed by atoms with Gasteiger partial charge in [-0.25, -0.2) is 0 Å². The fourth-order valence-electron chi connectivity index (χ4n) is 1.68. The van der Waals surface area contributed by atoms with Crippen LogP contribution >= 0.6 is 0 Å². The van der Waals surface area contributed by atoms with E-state index in [9.17, 15) is 0 Å². The number of ether oxygens (including phenoxy) is 2. The Balaban J connectivity index is 2.46. The van der Waals surface area contributed by atoms with Crippen LogP contribution in [-0.4, -0.2) is 19.8 Å². The zero-order valence-corrected chi connectivity index (χ0v) is 11.9. The Kier molecular flexibility index (Phi) is 6.16. The highest BCUT2D eigenvalue weighted by molar-refractivity contribution is 5.38. The van der Waals surface area contributed by atoms with Crippen LogP contribution in [0.5, 0.6) is 5.75 Å². The van der Waals surface area contributed by atoms with E-state index in [-0.39, 0.29) is 6.04 Å². The minimum Gasteiger partial charge on any atom is -0.491 e. The maximum absolute atomic E-state index is 5.94. The summed E-state index contributed by atoms with van der Waals surface area (Å²) in [6, 6.07) is 6.08. The molecule has 0 bridgehead atoms. The highest BCUT2D eigenvalue weighted by Crippen LogP contribution is 2.24. The van der Waals surface area contributed by atoms with Crippen molar-refractivity contribution in [3.63, 3.8) is 0 Å². The van der Waals surface area contributed by atoms with Crippen LogP contribution in [0.4, 0.5) is 0 Å². The van der Waals surface area contributed by atoms with E-state index in [0.717, 1.165) is 17.9 Å². The zero-order valence-electron chi connectivity index (χ0n) is 11.9. The van der Waals surface area contributed by atoms with Gasteiger partial charge >= 0.3 is 0 Å². The Labute approximate surface area is 110 Å². The van der Waals surface area contributed by atoms with Crippen molar-refractivity contribution >= 4 is 0 Å². The molecule has 0 aromatic heterocycles. The molecule has 1 unspecified atom stereocenters. The van der Waals surface area contributed by atoms with Crippen LogP contribution in [-0.2, 0) is 4.74 Å². The van der Waals surface area contributed by atoms with Crippen molar-refractivity contribution in [2.75, 3.05) is 19.8 Å². The number of aryl methyl sites for hydroxylation is 1. The van der Waals surface area contributed by atoms with E-state index < -0.39 is 0 Å². The van der Waals surface area contributed by atoms with Crippen molar-refractivity contribution in [1.29, 1.82) is 0 Å². The topological polar surface area (TPSA) is 44.5 Å². The molecule has 3 heteroatoms. The molecule has 2 N–H and O–H groups in total. The van der Waals surface area contributed by atoms with E-state index in [0.29, 0.717) is 19.1 Å². The fraction of sp³-hybridized carbons (Fsp3) is 0.600. The van der Waals surface area contributed by atoms with Crippen molar-refractivity contribution in [3.8, 4) is 5.75 Å². The Morgan fingerprint density at radius 1 is 1.17 bits per heavy atom. The Bertz CT molecular complexity index is 362. The first-order valence-electron chi connectivity index (χ1n) is 6.57. The van der Waals surface area contributed by atoms with Crippen molar-refractivity contribution in [2.45, 2.75) is 33.7 Å². The summed E-state index contributed by atoms with van der Waals surface area (Å²) >= 11 is 0. The lowest BCUT2D eigenvalue weighted by molar-refractivity contribution is 0.0815. The summed E-state index contributed by atoms with van der Waals surface area (Å²) < 4.78 is 11.2. The lowest BCUT2D eigenvalue weighted by Crippen LogP contribution is -2.13. The lowest BCUT2D eigenvalue weighted by Gasteiger charge is -2.15. The average Bonchev–Trinajstić information content (AvgIpc) is 2.29. The van der Waals surface area contributed by atoms with Gasteiger partial charge in [-0.3, -0.25) is 0 Å². The van der Waals surface area contributed by atoms with Gasteiger partial charge in [-0.2, -0.15) is 0 Å². The van der Waals surface area contributed by atoms with Crippen molar-refractivity contribution < 1.29 is 9.47 Å². The molecule has 0 heterocycles. The third-order valence-corrected chi connectivity index (χ3v) is 2.59. The van der Waals surface area contributed by atoms with E-state index in [2.05, 4.69) is 26.8 Å². The quantitative estimate of drug-likeness (QED) is 0.757. The van der Waals surface area contributed by atoms with Crippen LogP contribution in [0.25, 0.3) is 0 Å². The van der Waals surface area contributed by atoms with Crippen LogP contribution < -0.4 is 10.5 Å². The zero-order chi connectivity index (χ0) is 13.5. The van der Waals surface area contributed by atoms with E-state index in [1.807, 2.05) is 19.1 Å². The molecule has 0 saturated heterocycles. The SMILES string of the molecule is Cc1ccc(OCCOCC(C)C)c(C(C)N)c1. The molecule has 0 aliphatic rings. The second-order valence-corrected chi connectivity index (χ2v) is 5.15. The number of benzene rings is 1. The second-order valence-electron chi connectivity index (χ2n) is 5.15. The first kappa shape index (κ1) is 15.0. The fourth-order valence-corrected chi connectivity index (χ4v) is 1.68. The smallest absolute Gasteiger partial charge is 0.124 e. The Hall–Kier alpha value is -1.06. The largest absolute Gasteiger partial charge is 0.491 e. The second kappa shape index (κ2) is 7.39. The molecule has 102 valence electrons. The van der Waals surface area contributed by atoms with Crippen LogP contribution in [0.15, 0.2) is 18.2 Å². The van der Waals surface area contributed by atoms with Crippen molar-refractivity contribution in [3.05, 3.63) is 29.3 Å². The molecular weight excluding hydrogens is 226 g/mol. The van der Waals surface area contributed by atoms with Gasteiger partial charge in [0, 0.05) is 18.2 Å². The van der Waals surface area contributed by atoms with Gasteiger partial charge in [-0.05, 0) is 25.8 Å². The molecular formula is C15H25NO2. The highest BCUT2D eigenvalue weighted by Gasteiger charge is 2.08. The molecule has 1 aromatic carbocycles.